The van der Waals surface area contributed by atoms with E-state index in [0.717, 1.165) is 22.7 Å². The van der Waals surface area contributed by atoms with E-state index in [4.69, 9.17) is 14.2 Å². The van der Waals surface area contributed by atoms with Gasteiger partial charge in [0.2, 0.25) is 0 Å². The van der Waals surface area contributed by atoms with E-state index in [1.165, 1.54) is 11.3 Å². The topological polar surface area (TPSA) is 69.7 Å². The van der Waals surface area contributed by atoms with Crippen LogP contribution in [0, 0.1) is 0 Å². The van der Waals surface area contributed by atoms with Gasteiger partial charge >= 0.3 is 5.97 Å². The van der Waals surface area contributed by atoms with E-state index < -0.39 is 5.60 Å². The fraction of sp³-hybridized carbons (Fsp3) is 0.692. The first-order valence-corrected chi connectivity index (χ1v) is 8.51. The lowest BCUT2D eigenvalue weighted by molar-refractivity contribution is -0.156. The number of hydrogen-bond donors (Lipinski definition) is 1. The molecule has 0 saturated carbocycles. The predicted molar refractivity (Wildman–Crippen MR) is 80.2 cm³/mol. The molecule has 1 N–H and O–H groups in total. The molecule has 0 aliphatic carbocycles. The Morgan fingerprint density at radius 2 is 2.43 bits per heavy atom. The molecular weight excluding hydrogens is 360 g/mol. The zero-order valence-corrected chi connectivity index (χ0v) is 14.1. The minimum atomic E-state index is -0.661. The van der Waals surface area contributed by atoms with Crippen molar-refractivity contribution >= 4 is 33.2 Å². The summed E-state index contributed by atoms with van der Waals surface area (Å²) in [4.78, 5) is 16.1. The van der Waals surface area contributed by atoms with Gasteiger partial charge < -0.3 is 19.5 Å². The normalized spacial score (nSPS) is 26.8. The highest BCUT2D eigenvalue weighted by Gasteiger charge is 2.55. The van der Waals surface area contributed by atoms with Gasteiger partial charge in [-0.05, 0) is 22.9 Å². The Hall–Kier alpha value is -0.540. The van der Waals surface area contributed by atoms with Crippen LogP contribution in [0.2, 0.25) is 0 Å². The lowest BCUT2D eigenvalue weighted by Gasteiger charge is -2.38. The van der Waals surface area contributed by atoms with E-state index in [1.54, 1.807) is 6.92 Å². The average Bonchev–Trinajstić information content (AvgIpc) is 3.01. The first-order chi connectivity index (χ1) is 10.1. The average molecular weight is 377 g/mol. The number of nitrogens with one attached hydrogen (secondary N) is 1. The summed E-state index contributed by atoms with van der Waals surface area (Å²) in [5.74, 6) is -0.361. The molecule has 1 spiro atoms. The third-order valence-electron chi connectivity index (χ3n) is 3.75. The van der Waals surface area contributed by atoms with Crippen LogP contribution in [0.1, 0.15) is 18.4 Å². The molecule has 2 aliphatic heterocycles. The van der Waals surface area contributed by atoms with Gasteiger partial charge in [-0.2, -0.15) is 0 Å². The number of ether oxygens (including phenoxy) is 3. The van der Waals surface area contributed by atoms with Crippen molar-refractivity contribution in [3.63, 3.8) is 0 Å². The molecule has 2 fully saturated rings. The largest absolute Gasteiger partial charge is 0.464 e. The van der Waals surface area contributed by atoms with Gasteiger partial charge in [0.15, 0.2) is 0 Å². The number of halogens is 1. The molecular formula is C13H17BrN2O4S. The predicted octanol–water partition coefficient (Wildman–Crippen LogP) is 1.44. The highest BCUT2D eigenvalue weighted by atomic mass is 79.9. The fourth-order valence-electron chi connectivity index (χ4n) is 2.68. The van der Waals surface area contributed by atoms with E-state index in [1.807, 2.05) is 5.38 Å². The minimum absolute atomic E-state index is 0.0854. The molecule has 2 aliphatic rings. The van der Waals surface area contributed by atoms with Crippen molar-refractivity contribution < 1.29 is 19.0 Å². The summed E-state index contributed by atoms with van der Waals surface area (Å²) in [5.41, 5.74) is -0.849. The van der Waals surface area contributed by atoms with Gasteiger partial charge in [0.05, 0.1) is 18.8 Å². The first kappa shape index (κ1) is 15.4. The van der Waals surface area contributed by atoms with Crippen LogP contribution in [0.15, 0.2) is 9.98 Å². The third kappa shape index (κ3) is 3.00. The summed E-state index contributed by atoms with van der Waals surface area (Å²) in [6, 6.07) is 0. The molecule has 3 heterocycles. The molecule has 0 aromatic carbocycles. The van der Waals surface area contributed by atoms with Gasteiger partial charge in [-0.15, -0.1) is 11.3 Å². The van der Waals surface area contributed by atoms with Crippen molar-refractivity contribution in [3.8, 4) is 0 Å². The Morgan fingerprint density at radius 1 is 1.62 bits per heavy atom. The Morgan fingerprint density at radius 3 is 2.95 bits per heavy atom. The van der Waals surface area contributed by atoms with Crippen LogP contribution in [0.4, 0.5) is 0 Å². The van der Waals surface area contributed by atoms with Crippen molar-refractivity contribution in [2.24, 2.45) is 0 Å². The van der Waals surface area contributed by atoms with Crippen LogP contribution < -0.4 is 5.32 Å². The van der Waals surface area contributed by atoms with Gasteiger partial charge in [0, 0.05) is 24.9 Å². The number of carbonyl (C=O) groups excluding carboxylic acids is 1. The monoisotopic (exact) mass is 376 g/mol. The van der Waals surface area contributed by atoms with Crippen molar-refractivity contribution in [2.75, 3.05) is 32.9 Å². The summed E-state index contributed by atoms with van der Waals surface area (Å²) in [7, 11) is 0. The molecule has 0 radical (unpaired) electrons. The van der Waals surface area contributed by atoms with Crippen LogP contribution in [0.5, 0.6) is 0 Å². The molecule has 1 aromatic heterocycles. The number of carbonyl (C=O) groups is 1. The maximum atomic E-state index is 11.6. The summed E-state index contributed by atoms with van der Waals surface area (Å²) in [5, 5.41) is 5.97. The summed E-state index contributed by atoms with van der Waals surface area (Å²) in [6.07, 6.45) is 0.701. The second-order valence-corrected chi connectivity index (χ2v) is 6.99. The molecule has 21 heavy (non-hydrogen) atoms. The summed E-state index contributed by atoms with van der Waals surface area (Å²) in [6.45, 7) is 4.07. The van der Waals surface area contributed by atoms with E-state index >= 15 is 0 Å². The van der Waals surface area contributed by atoms with Crippen LogP contribution in [-0.4, -0.2) is 49.5 Å². The van der Waals surface area contributed by atoms with Crippen LogP contribution >= 0.6 is 27.3 Å². The SMILES string of the molecule is CCOC(=O)COC1(c2nc(Br)cs2)COC2(CNC2)C1. The zero-order valence-electron chi connectivity index (χ0n) is 11.7. The van der Waals surface area contributed by atoms with Gasteiger partial charge in [-0.25, -0.2) is 9.78 Å². The van der Waals surface area contributed by atoms with E-state index in [9.17, 15) is 4.79 Å². The maximum absolute atomic E-state index is 11.6. The maximum Gasteiger partial charge on any atom is 0.332 e. The summed E-state index contributed by atoms with van der Waals surface area (Å²) >= 11 is 4.88. The van der Waals surface area contributed by atoms with Gasteiger partial charge in [-0.3, -0.25) is 0 Å². The molecule has 6 nitrogen and oxygen atoms in total. The number of rotatable bonds is 5. The Bertz CT molecular complexity index is 534. The molecule has 1 atom stereocenters. The zero-order chi connectivity index (χ0) is 14.9. The number of thiazole rings is 1. The van der Waals surface area contributed by atoms with Crippen LogP contribution in [0.3, 0.4) is 0 Å². The number of esters is 1. The highest BCUT2D eigenvalue weighted by molar-refractivity contribution is 9.10. The van der Waals surface area contributed by atoms with Crippen LogP contribution in [-0.2, 0) is 24.6 Å². The second-order valence-electron chi connectivity index (χ2n) is 5.32. The molecule has 0 bridgehead atoms. The van der Waals surface area contributed by atoms with Crippen molar-refractivity contribution in [1.29, 1.82) is 0 Å². The smallest absolute Gasteiger partial charge is 0.332 e. The minimum Gasteiger partial charge on any atom is -0.464 e. The molecule has 2 saturated heterocycles. The van der Waals surface area contributed by atoms with Gasteiger partial charge in [0.1, 0.15) is 21.8 Å². The first-order valence-electron chi connectivity index (χ1n) is 6.83. The summed E-state index contributed by atoms with van der Waals surface area (Å²) < 4.78 is 17.6. The molecule has 1 aromatic rings. The second kappa shape index (κ2) is 5.92. The van der Waals surface area contributed by atoms with Crippen molar-refractivity contribution in [1.82, 2.24) is 10.3 Å². The van der Waals surface area contributed by atoms with Crippen molar-refractivity contribution in [2.45, 2.75) is 24.5 Å². The molecule has 3 rings (SSSR count). The lowest BCUT2D eigenvalue weighted by Crippen LogP contribution is -2.59. The molecule has 116 valence electrons. The number of nitrogens with zero attached hydrogens (tertiary/aromatic N) is 1. The van der Waals surface area contributed by atoms with Crippen molar-refractivity contribution in [3.05, 3.63) is 15.0 Å². The Kier molecular flexibility index (Phi) is 4.33. The lowest BCUT2D eigenvalue weighted by atomic mass is 9.86. The quantitative estimate of drug-likeness (QED) is 0.784. The van der Waals surface area contributed by atoms with E-state index in [-0.39, 0.29) is 18.2 Å². The van der Waals surface area contributed by atoms with E-state index in [2.05, 4.69) is 26.2 Å². The highest BCUT2D eigenvalue weighted by Crippen LogP contribution is 2.45. The van der Waals surface area contributed by atoms with Crippen LogP contribution in [0.25, 0.3) is 0 Å². The van der Waals surface area contributed by atoms with E-state index in [0.29, 0.717) is 19.6 Å². The fourth-order valence-corrected chi connectivity index (χ4v) is 4.07. The standard InChI is InChI=1S/C13H17BrN2O4S/c1-2-18-10(17)3-19-13(11-16-9(14)4-21-11)5-12(20-8-13)6-15-7-12/h4,15H,2-3,5-8H2,1H3. The molecule has 8 heteroatoms. The third-order valence-corrected chi connectivity index (χ3v) is 5.49. The number of aromatic nitrogens is 1. The Balaban J connectivity index is 1.77. The Labute approximate surface area is 135 Å². The van der Waals surface area contributed by atoms with Gasteiger partial charge in [0.25, 0.3) is 0 Å². The molecule has 0 amide bonds. The number of hydrogen-bond acceptors (Lipinski definition) is 7. The van der Waals surface area contributed by atoms with Gasteiger partial charge in [-0.1, -0.05) is 0 Å². The molecule has 1 unspecified atom stereocenters.